The Morgan fingerprint density at radius 1 is 1.05 bits per heavy atom. The average molecular weight is 278 g/mol. The highest BCUT2D eigenvalue weighted by Gasteiger charge is 2.28. The lowest BCUT2D eigenvalue weighted by Gasteiger charge is -2.24. The van der Waals surface area contributed by atoms with Crippen molar-refractivity contribution in [2.45, 2.75) is 39.5 Å². The van der Waals surface area contributed by atoms with Crippen LogP contribution in [0.3, 0.4) is 0 Å². The van der Waals surface area contributed by atoms with Crippen molar-refractivity contribution in [1.29, 1.82) is 0 Å². The van der Waals surface area contributed by atoms with Crippen molar-refractivity contribution in [2.24, 2.45) is 5.41 Å². The minimum Gasteiger partial charge on any atom is -0.354 e. The van der Waals surface area contributed by atoms with Crippen LogP contribution in [0.5, 0.6) is 0 Å². The fraction of sp³-hybridized carbons (Fsp3) is 0.786. The average Bonchev–Trinajstić information content (AvgIpc) is 2.84. The van der Waals surface area contributed by atoms with Crippen LogP contribution in [0.1, 0.15) is 39.5 Å². The first-order valence-electron chi connectivity index (χ1n) is 7.43. The van der Waals surface area contributed by atoms with Gasteiger partial charge in [-0.3, -0.25) is 0 Å². The Balaban J connectivity index is 2.09. The smallest absolute Gasteiger partial charge is 0.231 e. The largest absolute Gasteiger partial charge is 0.354 e. The lowest BCUT2D eigenvalue weighted by molar-refractivity contribution is 0.361. The molecule has 0 aromatic carbocycles. The maximum absolute atomic E-state index is 4.46. The molecule has 0 bridgehead atoms. The Labute approximate surface area is 121 Å². The number of anilines is 3. The highest BCUT2D eigenvalue weighted by Crippen LogP contribution is 2.37. The van der Waals surface area contributed by atoms with Gasteiger partial charge in [0, 0.05) is 27.2 Å². The van der Waals surface area contributed by atoms with Crippen LogP contribution in [0.15, 0.2) is 0 Å². The molecule has 2 rings (SSSR count). The van der Waals surface area contributed by atoms with E-state index >= 15 is 0 Å². The maximum Gasteiger partial charge on any atom is 0.231 e. The zero-order valence-corrected chi connectivity index (χ0v) is 13.0. The van der Waals surface area contributed by atoms with Gasteiger partial charge in [-0.1, -0.05) is 19.8 Å². The molecular formula is C14H26N6. The summed E-state index contributed by atoms with van der Waals surface area (Å²) in [5, 5.41) is 6.54. The van der Waals surface area contributed by atoms with Crippen LogP contribution < -0.4 is 15.5 Å². The van der Waals surface area contributed by atoms with Gasteiger partial charge in [-0.05, 0) is 25.2 Å². The zero-order valence-electron chi connectivity index (χ0n) is 13.0. The predicted molar refractivity (Wildman–Crippen MR) is 83.4 cm³/mol. The van der Waals surface area contributed by atoms with Gasteiger partial charge < -0.3 is 15.5 Å². The van der Waals surface area contributed by atoms with E-state index in [1.165, 1.54) is 25.7 Å². The summed E-state index contributed by atoms with van der Waals surface area (Å²) in [4.78, 5) is 15.2. The van der Waals surface area contributed by atoms with Crippen molar-refractivity contribution >= 4 is 17.8 Å². The van der Waals surface area contributed by atoms with Crippen LogP contribution in [-0.4, -0.2) is 42.1 Å². The van der Waals surface area contributed by atoms with Gasteiger partial charge in [-0.2, -0.15) is 15.0 Å². The number of nitrogens with zero attached hydrogens (tertiary/aromatic N) is 4. The third-order valence-electron chi connectivity index (χ3n) is 3.84. The molecule has 1 fully saturated rings. The predicted octanol–water partition coefficient (Wildman–Crippen LogP) is 2.36. The minimum absolute atomic E-state index is 0.378. The zero-order chi connectivity index (χ0) is 14.6. The summed E-state index contributed by atoms with van der Waals surface area (Å²) in [5.41, 5.74) is 0.378. The molecule has 0 radical (unpaired) electrons. The fourth-order valence-electron chi connectivity index (χ4n) is 2.58. The molecule has 1 aliphatic rings. The maximum atomic E-state index is 4.46. The first-order valence-corrected chi connectivity index (χ1v) is 7.43. The second-order valence-electron chi connectivity index (χ2n) is 6.08. The van der Waals surface area contributed by atoms with Gasteiger partial charge in [-0.25, -0.2) is 0 Å². The molecule has 6 nitrogen and oxygen atoms in total. The summed E-state index contributed by atoms with van der Waals surface area (Å²) < 4.78 is 0. The van der Waals surface area contributed by atoms with E-state index in [9.17, 15) is 0 Å². The third kappa shape index (κ3) is 3.71. The van der Waals surface area contributed by atoms with Crippen molar-refractivity contribution in [3.8, 4) is 0 Å². The second-order valence-corrected chi connectivity index (χ2v) is 6.08. The van der Waals surface area contributed by atoms with E-state index in [-0.39, 0.29) is 0 Å². The van der Waals surface area contributed by atoms with Crippen LogP contribution in [0, 0.1) is 5.41 Å². The summed E-state index contributed by atoms with van der Waals surface area (Å²) in [5.74, 6) is 1.97. The van der Waals surface area contributed by atoms with Crippen molar-refractivity contribution in [3.05, 3.63) is 0 Å². The van der Waals surface area contributed by atoms with Gasteiger partial charge in [-0.15, -0.1) is 0 Å². The highest BCUT2D eigenvalue weighted by molar-refractivity contribution is 5.43. The fourth-order valence-corrected chi connectivity index (χ4v) is 2.58. The molecule has 0 spiro atoms. The Hall–Kier alpha value is -1.59. The first-order chi connectivity index (χ1) is 9.52. The molecule has 0 amide bonds. The molecule has 0 saturated heterocycles. The lowest BCUT2D eigenvalue weighted by Crippen LogP contribution is -2.25. The lowest BCUT2D eigenvalue weighted by atomic mass is 9.89. The van der Waals surface area contributed by atoms with Crippen molar-refractivity contribution < 1.29 is 0 Å². The molecular weight excluding hydrogens is 252 g/mol. The molecule has 1 aliphatic carbocycles. The quantitative estimate of drug-likeness (QED) is 0.833. The number of nitrogens with one attached hydrogen (secondary N) is 2. The van der Waals surface area contributed by atoms with Crippen LogP contribution in [-0.2, 0) is 0 Å². The molecule has 6 heteroatoms. The van der Waals surface area contributed by atoms with Crippen LogP contribution in [0.25, 0.3) is 0 Å². The molecule has 0 atom stereocenters. The van der Waals surface area contributed by atoms with Crippen LogP contribution in [0.2, 0.25) is 0 Å². The molecule has 112 valence electrons. The molecule has 20 heavy (non-hydrogen) atoms. The van der Waals surface area contributed by atoms with E-state index in [1.54, 1.807) is 0 Å². The molecule has 2 N–H and O–H groups in total. The summed E-state index contributed by atoms with van der Waals surface area (Å²) in [6, 6.07) is 0. The highest BCUT2D eigenvalue weighted by atomic mass is 15.3. The topological polar surface area (TPSA) is 66.0 Å². The third-order valence-corrected chi connectivity index (χ3v) is 3.84. The van der Waals surface area contributed by atoms with E-state index in [2.05, 4.69) is 32.5 Å². The molecule has 1 aromatic heterocycles. The summed E-state index contributed by atoms with van der Waals surface area (Å²) in [7, 11) is 3.88. The Morgan fingerprint density at radius 2 is 1.65 bits per heavy atom. The first kappa shape index (κ1) is 14.8. The van der Waals surface area contributed by atoms with Crippen LogP contribution in [0.4, 0.5) is 17.8 Å². The van der Waals surface area contributed by atoms with Gasteiger partial charge in [0.2, 0.25) is 17.8 Å². The molecule has 0 aliphatic heterocycles. The van der Waals surface area contributed by atoms with E-state index < -0.39 is 0 Å². The summed E-state index contributed by atoms with van der Waals surface area (Å²) in [6.45, 7) is 6.10. The monoisotopic (exact) mass is 278 g/mol. The van der Waals surface area contributed by atoms with Gasteiger partial charge in [0.1, 0.15) is 0 Å². The van der Waals surface area contributed by atoms with Crippen molar-refractivity contribution in [1.82, 2.24) is 15.0 Å². The Kier molecular flexibility index (Phi) is 4.62. The SMILES string of the molecule is CCNc1nc(NCC2(C)CCCC2)nc(N(C)C)n1. The van der Waals surface area contributed by atoms with Gasteiger partial charge in [0.15, 0.2) is 0 Å². The second kappa shape index (κ2) is 6.24. The standard InChI is InChI=1S/C14H26N6/c1-5-15-11-17-12(19-13(18-11)20(3)4)16-10-14(2)8-6-7-9-14/h5-10H2,1-4H3,(H2,15,16,17,18,19). The van der Waals surface area contributed by atoms with Crippen molar-refractivity contribution in [2.75, 3.05) is 42.7 Å². The normalized spacial score (nSPS) is 17.0. The van der Waals surface area contributed by atoms with Gasteiger partial charge >= 0.3 is 0 Å². The minimum atomic E-state index is 0.378. The molecule has 0 unspecified atom stereocenters. The Bertz CT molecular complexity index is 439. The molecule has 1 aromatic rings. The number of aromatic nitrogens is 3. The van der Waals surface area contributed by atoms with E-state index in [1.807, 2.05) is 25.9 Å². The van der Waals surface area contributed by atoms with Crippen LogP contribution >= 0.6 is 0 Å². The summed E-state index contributed by atoms with van der Waals surface area (Å²) in [6.07, 6.45) is 5.24. The van der Waals surface area contributed by atoms with Gasteiger partial charge in [0.25, 0.3) is 0 Å². The van der Waals surface area contributed by atoms with E-state index in [0.29, 0.717) is 23.3 Å². The number of hydrogen-bond donors (Lipinski definition) is 2. The molecule has 1 heterocycles. The van der Waals surface area contributed by atoms with E-state index in [4.69, 9.17) is 0 Å². The van der Waals surface area contributed by atoms with Crippen molar-refractivity contribution in [3.63, 3.8) is 0 Å². The molecule has 1 saturated carbocycles. The Morgan fingerprint density at radius 3 is 2.20 bits per heavy atom. The van der Waals surface area contributed by atoms with E-state index in [0.717, 1.165) is 13.1 Å². The van der Waals surface area contributed by atoms with Gasteiger partial charge in [0.05, 0.1) is 0 Å². The number of hydrogen-bond acceptors (Lipinski definition) is 6. The summed E-state index contributed by atoms with van der Waals surface area (Å²) >= 11 is 0. The number of rotatable bonds is 6.